The van der Waals surface area contributed by atoms with E-state index in [1.165, 1.54) is 12.1 Å². The van der Waals surface area contributed by atoms with E-state index in [2.05, 4.69) is 10.6 Å². The first kappa shape index (κ1) is 18.0. The van der Waals surface area contributed by atoms with Crippen LogP contribution < -0.4 is 10.6 Å². The third-order valence-corrected chi connectivity index (χ3v) is 4.05. The molecule has 26 heavy (non-hydrogen) atoms. The predicted octanol–water partition coefficient (Wildman–Crippen LogP) is 5.52. The first-order valence-electron chi connectivity index (χ1n) is 7.76. The second-order valence-corrected chi connectivity index (χ2v) is 6.32. The van der Waals surface area contributed by atoms with Gasteiger partial charge in [0.05, 0.1) is 5.69 Å². The van der Waals surface area contributed by atoms with Crippen molar-refractivity contribution < 1.29 is 9.18 Å². The minimum Gasteiger partial charge on any atom is -0.332 e. The molecular weight excluding hydrogens is 371 g/mol. The second-order valence-electron chi connectivity index (χ2n) is 5.47. The lowest BCUT2D eigenvalue weighted by Crippen LogP contribution is -2.20. The van der Waals surface area contributed by atoms with E-state index in [4.69, 9.17) is 23.8 Å². The van der Waals surface area contributed by atoms with Crippen molar-refractivity contribution in [2.24, 2.45) is 0 Å². The van der Waals surface area contributed by atoms with Gasteiger partial charge in [0.1, 0.15) is 5.82 Å². The summed E-state index contributed by atoms with van der Waals surface area (Å²) in [5.74, 6) is -0.497. The van der Waals surface area contributed by atoms with Crippen LogP contribution in [0.25, 0.3) is 0 Å². The third-order valence-electron chi connectivity index (χ3n) is 3.61. The predicted molar refractivity (Wildman–Crippen MR) is 108 cm³/mol. The van der Waals surface area contributed by atoms with Crippen molar-refractivity contribution in [1.82, 2.24) is 0 Å². The number of nitrogens with one attached hydrogen (secondary N) is 2. The molecule has 0 atom stereocenters. The normalized spacial score (nSPS) is 10.2. The molecule has 0 aromatic heterocycles. The lowest BCUT2D eigenvalue weighted by atomic mass is 10.0. The quantitative estimate of drug-likeness (QED) is 0.459. The highest BCUT2D eigenvalue weighted by molar-refractivity contribution is 7.80. The van der Waals surface area contributed by atoms with Gasteiger partial charge >= 0.3 is 0 Å². The Morgan fingerprint density at radius 3 is 2.31 bits per heavy atom. The molecule has 0 aliphatic carbocycles. The first-order chi connectivity index (χ1) is 12.5. The number of benzene rings is 3. The zero-order chi connectivity index (χ0) is 18.5. The number of carbonyl (C=O) groups is 1. The van der Waals surface area contributed by atoms with Crippen LogP contribution in [0.2, 0.25) is 5.02 Å². The van der Waals surface area contributed by atoms with Crippen LogP contribution in [-0.2, 0) is 0 Å². The van der Waals surface area contributed by atoms with Crippen LogP contribution in [0.1, 0.15) is 15.9 Å². The van der Waals surface area contributed by atoms with E-state index in [-0.39, 0.29) is 16.7 Å². The van der Waals surface area contributed by atoms with Gasteiger partial charge in [0.25, 0.3) is 0 Å². The van der Waals surface area contributed by atoms with Gasteiger partial charge in [0.15, 0.2) is 10.9 Å². The Morgan fingerprint density at radius 1 is 0.923 bits per heavy atom. The molecule has 0 bridgehead atoms. The molecule has 3 nitrogen and oxygen atoms in total. The van der Waals surface area contributed by atoms with Crippen LogP contribution >= 0.6 is 23.8 Å². The summed E-state index contributed by atoms with van der Waals surface area (Å²) >= 11 is 11.4. The number of halogens is 2. The standard InChI is InChI=1S/C20H14ClFN2OS/c21-14-6-11-18(17(12-14)19(25)13-4-2-1-3-5-13)24-20(26)23-16-9-7-15(22)8-10-16/h1-12H,(H2,23,24,26). The van der Waals surface area contributed by atoms with Gasteiger partial charge < -0.3 is 10.6 Å². The molecule has 3 aromatic carbocycles. The summed E-state index contributed by atoms with van der Waals surface area (Å²) in [6.45, 7) is 0. The van der Waals surface area contributed by atoms with Crippen molar-refractivity contribution in [3.63, 3.8) is 0 Å². The van der Waals surface area contributed by atoms with E-state index in [0.717, 1.165) is 0 Å². The summed E-state index contributed by atoms with van der Waals surface area (Å²) in [5, 5.41) is 6.68. The third kappa shape index (κ3) is 4.45. The molecule has 0 saturated carbocycles. The molecule has 0 radical (unpaired) electrons. The lowest BCUT2D eigenvalue weighted by molar-refractivity contribution is 0.103. The molecule has 0 saturated heterocycles. The van der Waals surface area contributed by atoms with Crippen LogP contribution in [0.4, 0.5) is 15.8 Å². The largest absolute Gasteiger partial charge is 0.332 e. The minimum absolute atomic E-state index is 0.166. The van der Waals surface area contributed by atoms with Crippen molar-refractivity contribution in [3.8, 4) is 0 Å². The van der Waals surface area contributed by atoms with Gasteiger partial charge in [0.2, 0.25) is 0 Å². The molecule has 6 heteroatoms. The Labute approximate surface area is 160 Å². The highest BCUT2D eigenvalue weighted by Crippen LogP contribution is 2.24. The monoisotopic (exact) mass is 384 g/mol. The van der Waals surface area contributed by atoms with Crippen LogP contribution in [-0.4, -0.2) is 10.9 Å². The maximum absolute atomic E-state index is 13.0. The van der Waals surface area contributed by atoms with Crippen LogP contribution in [0, 0.1) is 5.82 Å². The van der Waals surface area contributed by atoms with Crippen molar-refractivity contribution in [3.05, 3.63) is 94.8 Å². The zero-order valence-corrected chi connectivity index (χ0v) is 15.1. The smallest absolute Gasteiger partial charge is 0.195 e. The fourth-order valence-corrected chi connectivity index (χ4v) is 2.78. The van der Waals surface area contributed by atoms with E-state index in [1.807, 2.05) is 6.07 Å². The fourth-order valence-electron chi connectivity index (χ4n) is 2.38. The average molecular weight is 385 g/mol. The summed E-state index contributed by atoms with van der Waals surface area (Å²) in [7, 11) is 0. The first-order valence-corrected chi connectivity index (χ1v) is 8.54. The Balaban J connectivity index is 1.82. The Hall–Kier alpha value is -2.76. The molecule has 0 heterocycles. The van der Waals surface area contributed by atoms with Gasteiger partial charge in [-0.1, -0.05) is 41.9 Å². The summed E-state index contributed by atoms with van der Waals surface area (Å²) in [4.78, 5) is 12.8. The Kier molecular flexibility index (Phi) is 5.61. The average Bonchev–Trinajstić information content (AvgIpc) is 2.65. The van der Waals surface area contributed by atoms with Gasteiger partial charge in [0, 0.05) is 21.8 Å². The van der Waals surface area contributed by atoms with E-state index in [0.29, 0.717) is 27.5 Å². The van der Waals surface area contributed by atoms with E-state index in [9.17, 15) is 9.18 Å². The Bertz CT molecular complexity index is 946. The number of hydrogen-bond donors (Lipinski definition) is 2. The number of ketones is 1. The number of anilines is 2. The van der Waals surface area contributed by atoms with Gasteiger partial charge in [-0.3, -0.25) is 4.79 Å². The van der Waals surface area contributed by atoms with Crippen LogP contribution in [0.15, 0.2) is 72.8 Å². The minimum atomic E-state index is -0.331. The summed E-state index contributed by atoms with van der Waals surface area (Å²) in [6, 6.07) is 19.7. The number of rotatable bonds is 4. The fraction of sp³-hybridized carbons (Fsp3) is 0. The highest BCUT2D eigenvalue weighted by Gasteiger charge is 2.15. The van der Waals surface area contributed by atoms with E-state index in [1.54, 1.807) is 54.6 Å². The van der Waals surface area contributed by atoms with Gasteiger partial charge in [-0.15, -0.1) is 0 Å². The molecule has 3 rings (SSSR count). The molecule has 0 fully saturated rings. The number of carbonyl (C=O) groups excluding carboxylic acids is 1. The summed E-state index contributed by atoms with van der Waals surface area (Å²) in [6.07, 6.45) is 0. The molecule has 0 amide bonds. The van der Waals surface area contributed by atoms with E-state index < -0.39 is 0 Å². The lowest BCUT2D eigenvalue weighted by Gasteiger charge is -2.14. The van der Waals surface area contributed by atoms with Crippen LogP contribution in [0.5, 0.6) is 0 Å². The highest BCUT2D eigenvalue weighted by atomic mass is 35.5. The summed E-state index contributed by atoms with van der Waals surface area (Å²) in [5.41, 5.74) is 2.12. The van der Waals surface area contributed by atoms with E-state index >= 15 is 0 Å². The van der Waals surface area contributed by atoms with Crippen molar-refractivity contribution in [1.29, 1.82) is 0 Å². The molecule has 130 valence electrons. The van der Waals surface area contributed by atoms with Crippen molar-refractivity contribution in [2.45, 2.75) is 0 Å². The van der Waals surface area contributed by atoms with Gasteiger partial charge in [-0.25, -0.2) is 4.39 Å². The van der Waals surface area contributed by atoms with Gasteiger partial charge in [-0.05, 0) is 54.7 Å². The summed E-state index contributed by atoms with van der Waals surface area (Å²) < 4.78 is 13.0. The Morgan fingerprint density at radius 2 is 1.62 bits per heavy atom. The maximum Gasteiger partial charge on any atom is 0.195 e. The maximum atomic E-state index is 13.0. The molecule has 3 aromatic rings. The molecular formula is C20H14ClFN2OS. The molecule has 2 N–H and O–H groups in total. The zero-order valence-electron chi connectivity index (χ0n) is 13.5. The van der Waals surface area contributed by atoms with Crippen LogP contribution in [0.3, 0.4) is 0 Å². The van der Waals surface area contributed by atoms with Crippen molar-refractivity contribution in [2.75, 3.05) is 10.6 Å². The number of thiocarbonyl (C=S) groups is 1. The number of hydrogen-bond acceptors (Lipinski definition) is 2. The molecule has 0 aliphatic rings. The SMILES string of the molecule is O=C(c1ccccc1)c1cc(Cl)ccc1NC(=S)Nc1ccc(F)cc1. The second kappa shape index (κ2) is 8.08. The molecule has 0 unspecified atom stereocenters. The van der Waals surface area contributed by atoms with Crippen molar-refractivity contribution >= 4 is 46.1 Å². The van der Waals surface area contributed by atoms with Gasteiger partial charge in [-0.2, -0.15) is 0 Å². The molecule has 0 spiro atoms. The topological polar surface area (TPSA) is 41.1 Å². The molecule has 0 aliphatic heterocycles.